The molecule has 1 aliphatic carbocycles. The molecule has 0 bridgehead atoms. The van der Waals surface area contributed by atoms with Crippen LogP contribution >= 0.6 is 0 Å². The highest BCUT2D eigenvalue weighted by molar-refractivity contribution is 5.95. The topological polar surface area (TPSA) is 111 Å². The Hall–Kier alpha value is -2.94. The normalized spacial score (nSPS) is 17.6. The first-order valence-corrected chi connectivity index (χ1v) is 8.87. The first kappa shape index (κ1) is 17.5. The Balaban J connectivity index is 1.54. The van der Waals surface area contributed by atoms with Gasteiger partial charge in [0.15, 0.2) is 0 Å². The number of halogens is 1. The summed E-state index contributed by atoms with van der Waals surface area (Å²) < 4.78 is 13.8. The molecule has 2 aromatic rings. The molecule has 4 rings (SSSR count). The fraction of sp³-hybridized carbons (Fsp3) is 0.389. The van der Waals surface area contributed by atoms with Crippen molar-refractivity contribution in [2.24, 2.45) is 11.3 Å². The number of hydrazine groups is 1. The fourth-order valence-corrected chi connectivity index (χ4v) is 3.47. The minimum absolute atomic E-state index is 0.108. The van der Waals surface area contributed by atoms with E-state index in [0.29, 0.717) is 10.6 Å². The first-order valence-electron chi connectivity index (χ1n) is 8.87. The minimum atomic E-state index is -0.753. The van der Waals surface area contributed by atoms with Gasteiger partial charge in [-0.3, -0.25) is 0 Å². The van der Waals surface area contributed by atoms with E-state index in [0.717, 1.165) is 32.0 Å². The van der Waals surface area contributed by atoms with Gasteiger partial charge in [-0.05, 0) is 55.4 Å². The summed E-state index contributed by atoms with van der Waals surface area (Å²) in [5.74, 6) is 4.76. The first-order chi connectivity index (χ1) is 13.0. The van der Waals surface area contributed by atoms with Crippen LogP contribution in [0.25, 0.3) is 0 Å². The molecule has 1 saturated carbocycles. The third-order valence-electron chi connectivity index (χ3n) is 5.35. The van der Waals surface area contributed by atoms with E-state index in [1.807, 2.05) is 4.90 Å². The zero-order valence-electron chi connectivity index (χ0n) is 14.8. The summed E-state index contributed by atoms with van der Waals surface area (Å²) in [4.78, 5) is 27.7. The molecule has 2 fully saturated rings. The van der Waals surface area contributed by atoms with Crippen molar-refractivity contribution in [3.8, 4) is 0 Å². The van der Waals surface area contributed by atoms with Crippen molar-refractivity contribution in [2.75, 3.05) is 28.9 Å². The van der Waals surface area contributed by atoms with E-state index < -0.39 is 11.9 Å². The number of nitrogen functional groups attached to an aromatic ring is 1. The zero-order chi connectivity index (χ0) is 19.0. The number of hydrogen-bond acceptors (Lipinski definition) is 8. The molecular weight excluding hydrogens is 351 g/mol. The van der Waals surface area contributed by atoms with Crippen LogP contribution in [0.1, 0.15) is 36.0 Å². The highest BCUT2D eigenvalue weighted by Gasteiger charge is 2.45. The van der Waals surface area contributed by atoms with Crippen molar-refractivity contribution in [3.63, 3.8) is 0 Å². The van der Waals surface area contributed by atoms with Gasteiger partial charge in [0.25, 0.3) is 0 Å². The lowest BCUT2D eigenvalue weighted by Gasteiger charge is -2.33. The number of hydrogen-bond donors (Lipinski definition) is 2. The Bertz CT molecular complexity index is 863. The van der Waals surface area contributed by atoms with E-state index >= 15 is 0 Å². The van der Waals surface area contributed by atoms with E-state index in [4.69, 9.17) is 16.4 Å². The third kappa shape index (κ3) is 3.50. The molecule has 0 unspecified atom stereocenters. The molecular formula is C18H21FN6O2. The SMILES string of the molecule is Nc1cccnc1N(N)OC(=O)c1ccc(F)nc1N1CCC2(CC1)CC2. The molecule has 9 heteroatoms. The average Bonchev–Trinajstić information content (AvgIpc) is 3.41. The summed E-state index contributed by atoms with van der Waals surface area (Å²) in [6.45, 7) is 1.46. The summed E-state index contributed by atoms with van der Waals surface area (Å²) in [6.07, 6.45) is 6.02. The summed E-state index contributed by atoms with van der Waals surface area (Å²) >= 11 is 0. The van der Waals surface area contributed by atoms with E-state index in [-0.39, 0.29) is 22.9 Å². The Morgan fingerprint density at radius 3 is 2.63 bits per heavy atom. The maximum Gasteiger partial charge on any atom is 0.368 e. The molecule has 27 heavy (non-hydrogen) atoms. The average molecular weight is 372 g/mol. The Labute approximate surface area is 155 Å². The van der Waals surface area contributed by atoms with Crippen molar-refractivity contribution in [1.82, 2.24) is 9.97 Å². The van der Waals surface area contributed by atoms with Crippen LogP contribution in [0, 0.1) is 11.4 Å². The molecule has 0 radical (unpaired) electrons. The highest BCUT2D eigenvalue weighted by atomic mass is 19.1. The van der Waals surface area contributed by atoms with Crippen molar-refractivity contribution in [1.29, 1.82) is 0 Å². The van der Waals surface area contributed by atoms with Crippen molar-refractivity contribution in [3.05, 3.63) is 42.0 Å². The summed E-state index contributed by atoms with van der Waals surface area (Å²) in [6, 6.07) is 5.71. The molecule has 4 N–H and O–H groups in total. The van der Waals surface area contributed by atoms with Gasteiger partial charge in [0.05, 0.1) is 5.69 Å². The highest BCUT2D eigenvalue weighted by Crippen LogP contribution is 2.53. The largest absolute Gasteiger partial charge is 0.396 e. The molecule has 0 amide bonds. The Morgan fingerprint density at radius 2 is 1.96 bits per heavy atom. The summed E-state index contributed by atoms with van der Waals surface area (Å²) in [5.41, 5.74) is 6.65. The van der Waals surface area contributed by atoms with Crippen molar-refractivity contribution >= 4 is 23.3 Å². The summed E-state index contributed by atoms with van der Waals surface area (Å²) in [5, 5.41) is 0.709. The van der Waals surface area contributed by atoms with Crippen LogP contribution in [0.4, 0.5) is 21.7 Å². The number of anilines is 3. The number of piperidine rings is 1. The molecule has 142 valence electrons. The van der Waals surface area contributed by atoms with Gasteiger partial charge in [0, 0.05) is 19.3 Å². The van der Waals surface area contributed by atoms with E-state index in [2.05, 4.69) is 9.97 Å². The third-order valence-corrected chi connectivity index (χ3v) is 5.35. The lowest BCUT2D eigenvalue weighted by Crippen LogP contribution is -2.38. The standard InChI is InChI=1S/C18H21FN6O2/c19-14-4-3-12(15(23-14)24-10-7-18(5-6-18)8-11-24)17(26)27-25(21)16-13(20)2-1-9-22-16/h1-4,9H,5-8,10-11,20-21H2. The van der Waals surface area contributed by atoms with Gasteiger partial charge in [-0.25, -0.2) is 20.6 Å². The molecule has 2 aliphatic rings. The number of nitrogens with two attached hydrogens (primary N) is 2. The summed E-state index contributed by atoms with van der Waals surface area (Å²) in [7, 11) is 0. The molecule has 8 nitrogen and oxygen atoms in total. The predicted octanol–water partition coefficient (Wildman–Crippen LogP) is 2.03. The second kappa shape index (κ2) is 6.66. The maximum atomic E-state index is 13.8. The lowest BCUT2D eigenvalue weighted by atomic mass is 9.93. The molecule has 1 aliphatic heterocycles. The van der Waals surface area contributed by atoms with Crippen LogP contribution in [-0.4, -0.2) is 29.0 Å². The minimum Gasteiger partial charge on any atom is -0.396 e. The van der Waals surface area contributed by atoms with Gasteiger partial charge < -0.3 is 15.5 Å². The molecule has 1 saturated heterocycles. The Kier molecular flexibility index (Phi) is 4.31. The van der Waals surface area contributed by atoms with Gasteiger partial charge >= 0.3 is 5.97 Å². The molecule has 3 heterocycles. The van der Waals surface area contributed by atoms with Gasteiger partial charge in [-0.15, -0.1) is 5.17 Å². The van der Waals surface area contributed by atoms with Gasteiger partial charge in [-0.2, -0.15) is 4.39 Å². The second-order valence-corrected chi connectivity index (χ2v) is 7.11. The monoisotopic (exact) mass is 372 g/mol. The smallest absolute Gasteiger partial charge is 0.368 e. The van der Waals surface area contributed by atoms with Crippen LogP contribution in [0.2, 0.25) is 0 Å². The van der Waals surface area contributed by atoms with Crippen LogP contribution < -0.4 is 21.6 Å². The van der Waals surface area contributed by atoms with Gasteiger partial charge in [0.1, 0.15) is 11.4 Å². The van der Waals surface area contributed by atoms with Crippen LogP contribution in [0.3, 0.4) is 0 Å². The van der Waals surface area contributed by atoms with Crippen molar-refractivity contribution in [2.45, 2.75) is 25.7 Å². The van der Waals surface area contributed by atoms with Crippen molar-refractivity contribution < 1.29 is 14.0 Å². The maximum absolute atomic E-state index is 13.8. The number of pyridine rings is 2. The zero-order valence-corrected chi connectivity index (χ0v) is 14.8. The van der Waals surface area contributed by atoms with E-state index in [1.54, 1.807) is 12.1 Å². The van der Waals surface area contributed by atoms with Crippen LogP contribution in [0.15, 0.2) is 30.5 Å². The van der Waals surface area contributed by atoms with Crippen LogP contribution in [-0.2, 0) is 4.84 Å². The van der Waals surface area contributed by atoms with Gasteiger partial charge in [-0.1, -0.05) is 0 Å². The number of nitrogens with zero attached hydrogens (tertiary/aromatic N) is 4. The van der Waals surface area contributed by atoms with Gasteiger partial charge in [0.2, 0.25) is 11.8 Å². The number of carbonyl (C=O) groups excluding carboxylic acids is 1. The second-order valence-electron chi connectivity index (χ2n) is 7.11. The van der Waals surface area contributed by atoms with Crippen LogP contribution in [0.5, 0.6) is 0 Å². The molecule has 2 aromatic heterocycles. The molecule has 0 atom stereocenters. The van der Waals surface area contributed by atoms with E-state index in [9.17, 15) is 9.18 Å². The molecule has 0 aromatic carbocycles. The Morgan fingerprint density at radius 1 is 1.22 bits per heavy atom. The lowest BCUT2D eigenvalue weighted by molar-refractivity contribution is 0.0447. The predicted molar refractivity (Wildman–Crippen MR) is 98.0 cm³/mol. The fourth-order valence-electron chi connectivity index (χ4n) is 3.47. The molecule has 1 spiro atoms. The van der Waals surface area contributed by atoms with E-state index in [1.165, 1.54) is 25.1 Å². The quantitative estimate of drug-likeness (QED) is 0.476. The number of carbonyl (C=O) groups is 1. The number of rotatable bonds is 4. The number of aromatic nitrogens is 2.